The zero-order valence-corrected chi connectivity index (χ0v) is 10.7. The summed E-state index contributed by atoms with van der Waals surface area (Å²) in [5.41, 5.74) is 3.31. The number of nitrogens with one attached hydrogen (secondary N) is 1. The van der Waals surface area contributed by atoms with Gasteiger partial charge in [0, 0.05) is 29.2 Å². The van der Waals surface area contributed by atoms with Gasteiger partial charge in [0.25, 0.3) is 0 Å². The topological polar surface area (TPSA) is 50.7 Å². The van der Waals surface area contributed by atoms with Crippen molar-refractivity contribution in [3.63, 3.8) is 0 Å². The van der Waals surface area contributed by atoms with Crippen molar-refractivity contribution in [2.45, 2.75) is 13.5 Å². The van der Waals surface area contributed by atoms with Crippen LogP contribution in [0.15, 0.2) is 36.5 Å². The second-order valence-corrected chi connectivity index (χ2v) is 4.90. The fourth-order valence-corrected chi connectivity index (χ4v) is 2.23. The number of rotatable bonds is 3. The average molecular weight is 256 g/mol. The Bertz CT molecular complexity index is 664. The summed E-state index contributed by atoms with van der Waals surface area (Å²) in [6.45, 7) is 2.78. The van der Waals surface area contributed by atoms with Gasteiger partial charge in [0.15, 0.2) is 0 Å². The van der Waals surface area contributed by atoms with E-state index in [0.29, 0.717) is 0 Å². The molecule has 0 fully saturated rings. The van der Waals surface area contributed by atoms with Gasteiger partial charge in [-0.25, -0.2) is 0 Å². The molecule has 0 amide bonds. The predicted octanol–water partition coefficient (Wildman–Crippen LogP) is 3.01. The van der Waals surface area contributed by atoms with Crippen LogP contribution in [0.1, 0.15) is 11.3 Å². The van der Waals surface area contributed by atoms with Crippen molar-refractivity contribution in [3.8, 4) is 0 Å². The van der Waals surface area contributed by atoms with Gasteiger partial charge in [-0.05, 0) is 30.7 Å². The van der Waals surface area contributed by atoms with E-state index in [1.165, 1.54) is 22.5 Å². The molecule has 4 nitrogen and oxygen atoms in total. The highest BCUT2D eigenvalue weighted by atomic mass is 32.1. The lowest BCUT2D eigenvalue weighted by molar-refractivity contribution is 1.13. The number of pyridine rings is 1. The van der Waals surface area contributed by atoms with E-state index < -0.39 is 0 Å². The lowest BCUT2D eigenvalue weighted by Crippen LogP contribution is -1.97. The van der Waals surface area contributed by atoms with E-state index in [1.54, 1.807) is 6.20 Å². The zero-order chi connectivity index (χ0) is 12.4. The van der Waals surface area contributed by atoms with Crippen LogP contribution in [0.5, 0.6) is 0 Å². The zero-order valence-electron chi connectivity index (χ0n) is 9.92. The highest BCUT2D eigenvalue weighted by molar-refractivity contribution is 7.09. The van der Waals surface area contributed by atoms with Crippen LogP contribution in [0.2, 0.25) is 0 Å². The standard InChI is InChI=1S/C13H12N4S/c1-9-2-4-11-6-10(3-5-12(11)16-9)7-14-13-8-15-17-18-13/h2-6,8,14H,7H2,1H3. The van der Waals surface area contributed by atoms with Crippen LogP contribution < -0.4 is 5.32 Å². The summed E-state index contributed by atoms with van der Waals surface area (Å²) in [5, 5.41) is 9.23. The molecule has 2 heterocycles. The van der Waals surface area contributed by atoms with E-state index in [1.807, 2.05) is 13.0 Å². The van der Waals surface area contributed by atoms with Crippen LogP contribution in [0, 0.1) is 6.92 Å². The molecule has 1 N–H and O–H groups in total. The van der Waals surface area contributed by atoms with Gasteiger partial charge in [0.2, 0.25) is 0 Å². The summed E-state index contributed by atoms with van der Waals surface area (Å²) in [5.74, 6) is 0. The largest absolute Gasteiger partial charge is 0.370 e. The molecule has 3 rings (SSSR count). The molecule has 5 heteroatoms. The average Bonchev–Trinajstić information content (AvgIpc) is 2.89. The Morgan fingerprint density at radius 3 is 3.00 bits per heavy atom. The first kappa shape index (κ1) is 11.1. The van der Waals surface area contributed by atoms with Crippen molar-refractivity contribution in [3.05, 3.63) is 47.8 Å². The molecule has 1 aromatic carbocycles. The first-order chi connectivity index (χ1) is 8.81. The smallest absolute Gasteiger partial charge is 0.130 e. The molecule has 0 bridgehead atoms. The van der Waals surface area contributed by atoms with Crippen molar-refractivity contribution in [2.75, 3.05) is 5.32 Å². The molecular formula is C13H12N4S. The minimum atomic E-state index is 0.772. The van der Waals surface area contributed by atoms with Crippen LogP contribution in [-0.4, -0.2) is 14.6 Å². The molecule has 0 atom stereocenters. The molecule has 2 aromatic heterocycles. The third-order valence-corrected chi connectivity index (χ3v) is 3.34. The van der Waals surface area contributed by atoms with Gasteiger partial charge in [-0.15, -0.1) is 5.10 Å². The molecule has 0 aliphatic rings. The van der Waals surface area contributed by atoms with Crippen molar-refractivity contribution >= 4 is 27.4 Å². The number of fused-ring (bicyclic) bond motifs is 1. The maximum absolute atomic E-state index is 4.49. The highest BCUT2D eigenvalue weighted by Crippen LogP contribution is 2.16. The number of benzene rings is 1. The third kappa shape index (κ3) is 2.31. The normalized spacial score (nSPS) is 10.7. The molecule has 0 saturated heterocycles. The molecule has 0 radical (unpaired) electrons. The number of hydrogen-bond acceptors (Lipinski definition) is 5. The third-order valence-electron chi connectivity index (χ3n) is 2.72. The van der Waals surface area contributed by atoms with Crippen molar-refractivity contribution in [1.29, 1.82) is 0 Å². The maximum atomic E-state index is 4.49. The Kier molecular flexibility index (Phi) is 2.90. The minimum absolute atomic E-state index is 0.772. The Morgan fingerprint density at radius 2 is 2.17 bits per heavy atom. The monoisotopic (exact) mass is 256 g/mol. The second-order valence-electron chi connectivity index (χ2n) is 4.11. The van der Waals surface area contributed by atoms with E-state index >= 15 is 0 Å². The summed E-state index contributed by atoms with van der Waals surface area (Å²) in [6.07, 6.45) is 1.73. The molecule has 0 spiro atoms. The summed E-state index contributed by atoms with van der Waals surface area (Å²) < 4.78 is 3.81. The van der Waals surface area contributed by atoms with Gasteiger partial charge in [0.1, 0.15) is 5.00 Å². The molecule has 0 aliphatic carbocycles. The fourth-order valence-electron chi connectivity index (χ4n) is 1.82. The van der Waals surface area contributed by atoms with E-state index in [4.69, 9.17) is 0 Å². The van der Waals surface area contributed by atoms with Crippen LogP contribution in [0.4, 0.5) is 5.00 Å². The lowest BCUT2D eigenvalue weighted by Gasteiger charge is -2.05. The van der Waals surface area contributed by atoms with Crippen LogP contribution >= 0.6 is 11.5 Å². The SMILES string of the molecule is Cc1ccc2cc(CNc3cnns3)ccc2n1. The number of hydrogen-bond donors (Lipinski definition) is 1. The van der Waals surface area contributed by atoms with Crippen LogP contribution in [-0.2, 0) is 6.54 Å². The molecule has 0 saturated carbocycles. The van der Waals surface area contributed by atoms with Crippen molar-refractivity contribution < 1.29 is 0 Å². The summed E-state index contributed by atoms with van der Waals surface area (Å²) in [6, 6.07) is 10.5. The summed E-state index contributed by atoms with van der Waals surface area (Å²) in [7, 11) is 0. The molecule has 0 unspecified atom stereocenters. The van der Waals surface area contributed by atoms with E-state index in [2.05, 4.69) is 44.2 Å². The highest BCUT2D eigenvalue weighted by Gasteiger charge is 1.99. The summed E-state index contributed by atoms with van der Waals surface area (Å²) in [4.78, 5) is 4.49. The van der Waals surface area contributed by atoms with Crippen molar-refractivity contribution in [2.24, 2.45) is 0 Å². The van der Waals surface area contributed by atoms with E-state index in [-0.39, 0.29) is 0 Å². The fraction of sp³-hybridized carbons (Fsp3) is 0.154. The first-order valence-corrected chi connectivity index (χ1v) is 6.46. The maximum Gasteiger partial charge on any atom is 0.130 e. The summed E-state index contributed by atoms with van der Waals surface area (Å²) >= 11 is 1.36. The van der Waals surface area contributed by atoms with E-state index in [9.17, 15) is 0 Å². The Hall–Kier alpha value is -2.01. The van der Waals surface area contributed by atoms with Crippen LogP contribution in [0.25, 0.3) is 10.9 Å². The van der Waals surface area contributed by atoms with Gasteiger partial charge < -0.3 is 5.32 Å². The van der Waals surface area contributed by atoms with Gasteiger partial charge >= 0.3 is 0 Å². The molecule has 3 aromatic rings. The Labute approximate surface area is 109 Å². The van der Waals surface area contributed by atoms with Gasteiger partial charge in [-0.1, -0.05) is 16.6 Å². The minimum Gasteiger partial charge on any atom is -0.370 e. The van der Waals surface area contributed by atoms with Gasteiger partial charge in [-0.2, -0.15) is 0 Å². The molecule has 0 aliphatic heterocycles. The molecule has 90 valence electrons. The molecule has 18 heavy (non-hydrogen) atoms. The lowest BCUT2D eigenvalue weighted by atomic mass is 10.1. The Morgan fingerprint density at radius 1 is 1.22 bits per heavy atom. The predicted molar refractivity (Wildman–Crippen MR) is 73.7 cm³/mol. The van der Waals surface area contributed by atoms with Gasteiger partial charge in [0.05, 0.1) is 11.7 Å². The number of aryl methyl sites for hydroxylation is 1. The van der Waals surface area contributed by atoms with E-state index in [0.717, 1.165) is 22.8 Å². The number of nitrogens with zero attached hydrogens (tertiary/aromatic N) is 3. The number of aromatic nitrogens is 3. The van der Waals surface area contributed by atoms with Crippen molar-refractivity contribution in [1.82, 2.24) is 14.6 Å². The quantitative estimate of drug-likeness (QED) is 0.782. The first-order valence-electron chi connectivity index (χ1n) is 5.69. The molecular weight excluding hydrogens is 244 g/mol. The second kappa shape index (κ2) is 4.70. The Balaban J connectivity index is 1.82. The number of anilines is 1. The van der Waals surface area contributed by atoms with Gasteiger partial charge in [-0.3, -0.25) is 4.98 Å². The van der Waals surface area contributed by atoms with Crippen LogP contribution in [0.3, 0.4) is 0 Å².